The van der Waals surface area contributed by atoms with Crippen LogP contribution in [-0.2, 0) is 22.5 Å². The lowest BCUT2D eigenvalue weighted by molar-refractivity contribution is -0.143. The first-order valence-electron chi connectivity index (χ1n) is 4.79. The van der Waals surface area contributed by atoms with Crippen molar-refractivity contribution in [3.05, 3.63) is 33.8 Å². The van der Waals surface area contributed by atoms with E-state index in [4.69, 9.17) is 4.74 Å². The van der Waals surface area contributed by atoms with Gasteiger partial charge in [0.2, 0.25) is 0 Å². The highest BCUT2D eigenvalue weighted by Gasteiger charge is 2.24. The van der Waals surface area contributed by atoms with Crippen molar-refractivity contribution < 1.29 is 9.53 Å². The SMILES string of the molecule is COC(=O)[C@@H]1Cc2ccc(Br)cc2CN1. The van der Waals surface area contributed by atoms with Gasteiger partial charge in [0.25, 0.3) is 0 Å². The van der Waals surface area contributed by atoms with Gasteiger partial charge in [-0.3, -0.25) is 4.79 Å². The summed E-state index contributed by atoms with van der Waals surface area (Å²) in [4.78, 5) is 11.3. The number of carbonyl (C=O) groups is 1. The van der Waals surface area contributed by atoms with Crippen molar-refractivity contribution in [3.63, 3.8) is 0 Å². The van der Waals surface area contributed by atoms with Crippen LogP contribution in [0.2, 0.25) is 0 Å². The van der Waals surface area contributed by atoms with Crippen LogP contribution in [-0.4, -0.2) is 19.1 Å². The smallest absolute Gasteiger partial charge is 0.323 e. The van der Waals surface area contributed by atoms with Gasteiger partial charge in [-0.2, -0.15) is 0 Å². The standard InChI is InChI=1S/C11H12BrNO2/c1-15-11(14)10-5-7-2-3-9(12)4-8(7)6-13-10/h2-4,10,13H,5-6H2,1H3/t10-/m0/s1. The fraction of sp³-hybridized carbons (Fsp3) is 0.364. The minimum Gasteiger partial charge on any atom is -0.468 e. The average molecular weight is 270 g/mol. The Hall–Kier alpha value is -0.870. The van der Waals surface area contributed by atoms with Crippen molar-refractivity contribution in [1.82, 2.24) is 5.32 Å². The number of benzene rings is 1. The summed E-state index contributed by atoms with van der Waals surface area (Å²) < 4.78 is 5.79. The van der Waals surface area contributed by atoms with Gasteiger partial charge in [0, 0.05) is 11.0 Å². The minimum absolute atomic E-state index is 0.191. The van der Waals surface area contributed by atoms with Gasteiger partial charge in [-0.05, 0) is 29.7 Å². The Morgan fingerprint density at radius 1 is 1.53 bits per heavy atom. The number of hydrogen-bond acceptors (Lipinski definition) is 3. The van der Waals surface area contributed by atoms with E-state index in [0.717, 1.165) is 4.47 Å². The zero-order valence-corrected chi connectivity index (χ0v) is 10.0. The van der Waals surface area contributed by atoms with Gasteiger partial charge in [0.1, 0.15) is 6.04 Å². The number of nitrogens with one attached hydrogen (secondary N) is 1. The maximum absolute atomic E-state index is 11.3. The van der Waals surface area contributed by atoms with Crippen molar-refractivity contribution in [1.29, 1.82) is 0 Å². The molecular weight excluding hydrogens is 258 g/mol. The zero-order chi connectivity index (χ0) is 10.8. The molecule has 0 bridgehead atoms. The number of ether oxygens (including phenoxy) is 1. The van der Waals surface area contributed by atoms with Crippen molar-refractivity contribution >= 4 is 21.9 Å². The summed E-state index contributed by atoms with van der Waals surface area (Å²) in [5, 5.41) is 3.16. The van der Waals surface area contributed by atoms with Crippen molar-refractivity contribution in [2.24, 2.45) is 0 Å². The maximum atomic E-state index is 11.3. The van der Waals surface area contributed by atoms with Gasteiger partial charge in [-0.25, -0.2) is 0 Å². The quantitative estimate of drug-likeness (QED) is 0.788. The second-order valence-corrected chi connectivity index (χ2v) is 4.49. The molecule has 80 valence electrons. The number of rotatable bonds is 1. The third kappa shape index (κ3) is 2.21. The highest BCUT2D eigenvalue weighted by molar-refractivity contribution is 9.10. The van der Waals surface area contributed by atoms with E-state index in [1.54, 1.807) is 0 Å². The molecule has 0 saturated heterocycles. The lowest BCUT2D eigenvalue weighted by Gasteiger charge is -2.24. The predicted molar refractivity (Wildman–Crippen MR) is 60.5 cm³/mol. The van der Waals surface area contributed by atoms with Crippen LogP contribution in [0.4, 0.5) is 0 Å². The second kappa shape index (κ2) is 4.33. The molecule has 1 aromatic carbocycles. The van der Waals surface area contributed by atoms with Gasteiger partial charge < -0.3 is 10.1 Å². The third-order valence-corrected chi connectivity index (χ3v) is 3.11. The topological polar surface area (TPSA) is 38.3 Å². The van der Waals surface area contributed by atoms with E-state index >= 15 is 0 Å². The molecule has 1 heterocycles. The molecule has 4 heteroatoms. The van der Waals surface area contributed by atoms with Crippen LogP contribution < -0.4 is 5.32 Å². The normalized spacial score (nSPS) is 19.5. The molecule has 1 aliphatic rings. The molecule has 0 amide bonds. The molecule has 0 aromatic heterocycles. The van der Waals surface area contributed by atoms with Gasteiger partial charge in [0.05, 0.1) is 7.11 Å². The molecule has 0 unspecified atom stereocenters. The molecule has 0 fully saturated rings. The Kier molecular flexibility index (Phi) is 3.07. The number of halogens is 1. The molecule has 1 aliphatic heterocycles. The van der Waals surface area contributed by atoms with E-state index in [-0.39, 0.29) is 12.0 Å². The summed E-state index contributed by atoms with van der Waals surface area (Å²) in [7, 11) is 1.42. The molecule has 1 aromatic rings. The zero-order valence-electron chi connectivity index (χ0n) is 8.42. The second-order valence-electron chi connectivity index (χ2n) is 3.57. The van der Waals surface area contributed by atoms with Crippen molar-refractivity contribution in [2.75, 3.05) is 7.11 Å². The van der Waals surface area contributed by atoms with Gasteiger partial charge in [0.15, 0.2) is 0 Å². The van der Waals surface area contributed by atoms with E-state index in [2.05, 4.69) is 33.4 Å². The van der Waals surface area contributed by atoms with E-state index in [1.807, 2.05) is 6.07 Å². The highest BCUT2D eigenvalue weighted by Crippen LogP contribution is 2.21. The fourth-order valence-corrected chi connectivity index (χ4v) is 2.20. The Morgan fingerprint density at radius 2 is 2.33 bits per heavy atom. The van der Waals surface area contributed by atoms with Crippen LogP contribution in [0.25, 0.3) is 0 Å². The summed E-state index contributed by atoms with van der Waals surface area (Å²) in [5.41, 5.74) is 2.46. The minimum atomic E-state index is -0.205. The van der Waals surface area contributed by atoms with Crippen LogP contribution in [0.3, 0.4) is 0 Å². The van der Waals surface area contributed by atoms with Gasteiger partial charge in [-0.15, -0.1) is 0 Å². The summed E-state index contributed by atoms with van der Waals surface area (Å²) >= 11 is 3.43. The van der Waals surface area contributed by atoms with E-state index in [9.17, 15) is 4.79 Å². The van der Waals surface area contributed by atoms with E-state index in [1.165, 1.54) is 18.2 Å². The first-order valence-corrected chi connectivity index (χ1v) is 5.58. The summed E-state index contributed by atoms with van der Waals surface area (Å²) in [5.74, 6) is -0.191. The Bertz CT molecular complexity index is 392. The van der Waals surface area contributed by atoms with Crippen LogP contribution in [0.5, 0.6) is 0 Å². The predicted octanol–water partition coefficient (Wildman–Crippen LogP) is 1.64. The molecule has 1 atom stereocenters. The molecule has 15 heavy (non-hydrogen) atoms. The highest BCUT2D eigenvalue weighted by atomic mass is 79.9. The lowest BCUT2D eigenvalue weighted by Crippen LogP contribution is -2.42. The molecule has 0 saturated carbocycles. The summed E-state index contributed by atoms with van der Waals surface area (Å²) in [6.45, 7) is 0.717. The number of esters is 1. The largest absolute Gasteiger partial charge is 0.468 e. The fourth-order valence-electron chi connectivity index (χ4n) is 1.79. The number of carbonyl (C=O) groups excluding carboxylic acids is 1. The molecule has 0 radical (unpaired) electrons. The molecule has 2 rings (SSSR count). The molecular formula is C11H12BrNO2. The van der Waals surface area contributed by atoms with Crippen LogP contribution >= 0.6 is 15.9 Å². The Morgan fingerprint density at radius 3 is 3.07 bits per heavy atom. The van der Waals surface area contributed by atoms with E-state index < -0.39 is 0 Å². The number of fused-ring (bicyclic) bond motifs is 1. The Labute approximate surface area is 96.9 Å². The van der Waals surface area contributed by atoms with Crippen LogP contribution in [0, 0.1) is 0 Å². The van der Waals surface area contributed by atoms with Crippen molar-refractivity contribution in [2.45, 2.75) is 19.0 Å². The number of hydrogen-bond donors (Lipinski definition) is 1. The van der Waals surface area contributed by atoms with Gasteiger partial charge >= 0.3 is 5.97 Å². The third-order valence-electron chi connectivity index (χ3n) is 2.62. The lowest BCUT2D eigenvalue weighted by atomic mass is 9.96. The van der Waals surface area contributed by atoms with Crippen LogP contribution in [0.15, 0.2) is 22.7 Å². The van der Waals surface area contributed by atoms with Crippen molar-refractivity contribution in [3.8, 4) is 0 Å². The molecule has 0 aliphatic carbocycles. The molecule has 0 spiro atoms. The first-order chi connectivity index (χ1) is 7.20. The molecule has 1 N–H and O–H groups in total. The number of methoxy groups -OCH3 is 1. The van der Waals surface area contributed by atoms with Crippen LogP contribution in [0.1, 0.15) is 11.1 Å². The van der Waals surface area contributed by atoms with E-state index in [0.29, 0.717) is 13.0 Å². The first kappa shape index (κ1) is 10.6. The Balaban J connectivity index is 2.20. The monoisotopic (exact) mass is 269 g/mol. The summed E-state index contributed by atoms with van der Waals surface area (Å²) in [6.07, 6.45) is 0.704. The van der Waals surface area contributed by atoms with Gasteiger partial charge in [-0.1, -0.05) is 22.0 Å². The summed E-state index contributed by atoms with van der Waals surface area (Å²) in [6, 6.07) is 5.92. The maximum Gasteiger partial charge on any atom is 0.323 e. The molecule has 3 nitrogen and oxygen atoms in total. The average Bonchev–Trinajstić information content (AvgIpc) is 2.27.